The standard InChI is InChI=1S/C19H18N2O4/c1-25-18(23)16-12-17(22)21(16)19(24)20-15-10-6-5-9-14(15)11-13-7-3-2-4-8-13/h2-10,16H,11-12H2,1H3,(H,20,24)/t16-/m0/s1. The molecular formula is C19H18N2O4. The zero-order valence-corrected chi connectivity index (χ0v) is 13.8. The van der Waals surface area contributed by atoms with E-state index in [9.17, 15) is 14.4 Å². The molecule has 3 amide bonds. The SMILES string of the molecule is COC(=O)[C@@H]1CC(=O)N1C(=O)Nc1ccccc1Cc1ccccc1. The molecule has 1 aliphatic heterocycles. The molecule has 1 atom stereocenters. The average Bonchev–Trinajstić information content (AvgIpc) is 2.61. The van der Waals surface area contributed by atoms with E-state index in [-0.39, 0.29) is 6.42 Å². The monoisotopic (exact) mass is 338 g/mol. The Hall–Kier alpha value is -3.15. The van der Waals surface area contributed by atoms with Gasteiger partial charge in [-0.25, -0.2) is 14.5 Å². The molecule has 0 bridgehead atoms. The van der Waals surface area contributed by atoms with E-state index in [0.29, 0.717) is 12.1 Å². The number of urea groups is 1. The van der Waals surface area contributed by atoms with E-state index in [1.807, 2.05) is 42.5 Å². The van der Waals surface area contributed by atoms with Crippen LogP contribution in [0.5, 0.6) is 0 Å². The third-order valence-corrected chi connectivity index (χ3v) is 4.14. The van der Waals surface area contributed by atoms with Gasteiger partial charge in [0.25, 0.3) is 0 Å². The lowest BCUT2D eigenvalue weighted by Crippen LogP contribution is -2.60. The molecule has 1 aliphatic rings. The first-order valence-corrected chi connectivity index (χ1v) is 7.93. The van der Waals surface area contributed by atoms with Crippen molar-refractivity contribution in [1.82, 2.24) is 4.90 Å². The zero-order valence-electron chi connectivity index (χ0n) is 13.8. The van der Waals surface area contributed by atoms with Crippen LogP contribution in [0.3, 0.4) is 0 Å². The van der Waals surface area contributed by atoms with Gasteiger partial charge < -0.3 is 10.1 Å². The van der Waals surface area contributed by atoms with Gasteiger partial charge in [0.1, 0.15) is 6.04 Å². The van der Waals surface area contributed by atoms with Gasteiger partial charge >= 0.3 is 12.0 Å². The Bertz CT molecular complexity index is 804. The summed E-state index contributed by atoms with van der Waals surface area (Å²) in [5, 5.41) is 2.73. The molecule has 6 nitrogen and oxygen atoms in total. The van der Waals surface area contributed by atoms with Crippen LogP contribution in [0.4, 0.5) is 10.5 Å². The molecule has 128 valence electrons. The van der Waals surface area contributed by atoms with Crippen LogP contribution in [0.1, 0.15) is 17.5 Å². The maximum atomic E-state index is 12.4. The van der Waals surface area contributed by atoms with Gasteiger partial charge in [0.2, 0.25) is 5.91 Å². The van der Waals surface area contributed by atoms with Gasteiger partial charge in [0, 0.05) is 5.69 Å². The number of methoxy groups -OCH3 is 1. The fourth-order valence-corrected chi connectivity index (χ4v) is 2.78. The number of hydrogen-bond donors (Lipinski definition) is 1. The number of nitrogens with one attached hydrogen (secondary N) is 1. The Labute approximate surface area is 145 Å². The van der Waals surface area contributed by atoms with Gasteiger partial charge in [-0.05, 0) is 23.6 Å². The summed E-state index contributed by atoms with van der Waals surface area (Å²) >= 11 is 0. The Balaban J connectivity index is 1.76. The molecule has 1 heterocycles. The van der Waals surface area contributed by atoms with Crippen molar-refractivity contribution < 1.29 is 19.1 Å². The summed E-state index contributed by atoms with van der Waals surface area (Å²) in [5.74, 6) is -0.985. The summed E-state index contributed by atoms with van der Waals surface area (Å²) in [5.41, 5.74) is 2.64. The van der Waals surface area contributed by atoms with Gasteiger partial charge in [-0.2, -0.15) is 0 Å². The van der Waals surface area contributed by atoms with E-state index in [1.165, 1.54) is 7.11 Å². The number of esters is 1. The fraction of sp³-hybridized carbons (Fsp3) is 0.211. The van der Waals surface area contributed by atoms with Crippen LogP contribution in [0, 0.1) is 0 Å². The molecular weight excluding hydrogens is 320 g/mol. The van der Waals surface area contributed by atoms with E-state index >= 15 is 0 Å². The summed E-state index contributed by atoms with van der Waals surface area (Å²) in [6.07, 6.45) is 0.636. The number of likely N-dealkylation sites (tertiary alicyclic amines) is 1. The van der Waals surface area contributed by atoms with Gasteiger partial charge in [-0.3, -0.25) is 4.79 Å². The average molecular weight is 338 g/mol. The van der Waals surface area contributed by atoms with E-state index < -0.39 is 23.9 Å². The van der Waals surface area contributed by atoms with Crippen molar-refractivity contribution in [1.29, 1.82) is 0 Å². The maximum Gasteiger partial charge on any atom is 0.329 e. The summed E-state index contributed by atoms with van der Waals surface area (Å²) in [6, 6.07) is 15.8. The van der Waals surface area contributed by atoms with Crippen molar-refractivity contribution >= 4 is 23.6 Å². The molecule has 0 aromatic heterocycles. The number of carbonyl (C=O) groups is 3. The molecule has 6 heteroatoms. The molecule has 25 heavy (non-hydrogen) atoms. The molecule has 0 saturated carbocycles. The number of imide groups is 1. The molecule has 2 aromatic rings. The smallest absolute Gasteiger partial charge is 0.329 e. The van der Waals surface area contributed by atoms with Crippen LogP contribution in [-0.4, -0.2) is 36.0 Å². The topological polar surface area (TPSA) is 75.7 Å². The number of ether oxygens (including phenoxy) is 1. The number of hydrogen-bond acceptors (Lipinski definition) is 4. The van der Waals surface area contributed by atoms with Crippen molar-refractivity contribution in [2.24, 2.45) is 0 Å². The van der Waals surface area contributed by atoms with Crippen molar-refractivity contribution in [2.45, 2.75) is 18.9 Å². The highest BCUT2D eigenvalue weighted by molar-refractivity contribution is 6.10. The second-order valence-electron chi connectivity index (χ2n) is 5.76. The van der Waals surface area contributed by atoms with Crippen LogP contribution in [0.2, 0.25) is 0 Å². The number of benzene rings is 2. The van der Waals surface area contributed by atoms with Crippen LogP contribution in [0.15, 0.2) is 54.6 Å². The molecule has 1 fully saturated rings. The maximum absolute atomic E-state index is 12.4. The van der Waals surface area contributed by atoms with Gasteiger partial charge in [-0.1, -0.05) is 48.5 Å². The normalized spacial score (nSPS) is 16.1. The Morgan fingerprint density at radius 3 is 2.48 bits per heavy atom. The Kier molecular flexibility index (Phi) is 4.79. The minimum Gasteiger partial charge on any atom is -0.467 e. The lowest BCUT2D eigenvalue weighted by molar-refractivity contribution is -0.159. The summed E-state index contributed by atoms with van der Waals surface area (Å²) in [6.45, 7) is 0. The largest absolute Gasteiger partial charge is 0.467 e. The molecule has 0 aliphatic carbocycles. The molecule has 3 rings (SSSR count). The molecule has 0 radical (unpaired) electrons. The fourth-order valence-electron chi connectivity index (χ4n) is 2.78. The highest BCUT2D eigenvalue weighted by atomic mass is 16.5. The van der Waals surface area contributed by atoms with E-state index in [0.717, 1.165) is 16.0 Å². The van der Waals surface area contributed by atoms with E-state index in [1.54, 1.807) is 12.1 Å². The first kappa shape index (κ1) is 16.7. The second-order valence-corrected chi connectivity index (χ2v) is 5.76. The summed E-state index contributed by atoms with van der Waals surface area (Å²) < 4.78 is 4.62. The van der Waals surface area contributed by atoms with Crippen molar-refractivity contribution in [2.75, 3.05) is 12.4 Å². The second kappa shape index (κ2) is 7.17. The summed E-state index contributed by atoms with van der Waals surface area (Å²) in [7, 11) is 1.23. The first-order valence-electron chi connectivity index (χ1n) is 7.93. The zero-order chi connectivity index (χ0) is 17.8. The molecule has 1 N–H and O–H groups in total. The Morgan fingerprint density at radius 1 is 1.12 bits per heavy atom. The number of anilines is 1. The van der Waals surface area contributed by atoms with Crippen LogP contribution < -0.4 is 5.32 Å². The van der Waals surface area contributed by atoms with E-state index in [2.05, 4.69) is 10.1 Å². The highest BCUT2D eigenvalue weighted by Gasteiger charge is 2.46. The molecule has 2 aromatic carbocycles. The van der Waals surface area contributed by atoms with Crippen LogP contribution in [0.25, 0.3) is 0 Å². The number of β-lactam (4-membered cyclic amide) rings is 1. The Morgan fingerprint density at radius 2 is 1.80 bits per heavy atom. The lowest BCUT2D eigenvalue weighted by Gasteiger charge is -2.36. The minimum atomic E-state index is -0.848. The third kappa shape index (κ3) is 3.52. The van der Waals surface area contributed by atoms with Crippen molar-refractivity contribution in [3.05, 3.63) is 65.7 Å². The molecule has 1 saturated heterocycles. The van der Waals surface area contributed by atoms with Crippen molar-refractivity contribution in [3.8, 4) is 0 Å². The predicted molar refractivity (Wildman–Crippen MR) is 92.0 cm³/mol. The van der Waals surface area contributed by atoms with E-state index in [4.69, 9.17) is 0 Å². The molecule has 0 unspecified atom stereocenters. The van der Waals surface area contributed by atoms with Gasteiger partial charge in [0.05, 0.1) is 13.5 Å². The first-order chi connectivity index (χ1) is 12.1. The third-order valence-electron chi connectivity index (χ3n) is 4.14. The predicted octanol–water partition coefficient (Wildman–Crippen LogP) is 2.58. The minimum absolute atomic E-state index is 0.00818. The number of rotatable bonds is 4. The van der Waals surface area contributed by atoms with Crippen LogP contribution >= 0.6 is 0 Å². The summed E-state index contributed by atoms with van der Waals surface area (Å²) in [4.78, 5) is 36.7. The van der Waals surface area contributed by atoms with Gasteiger partial charge in [-0.15, -0.1) is 0 Å². The molecule has 0 spiro atoms. The van der Waals surface area contributed by atoms with Crippen LogP contribution in [-0.2, 0) is 20.7 Å². The lowest BCUT2D eigenvalue weighted by atomic mass is 10.0. The van der Waals surface area contributed by atoms with Gasteiger partial charge in [0.15, 0.2) is 0 Å². The number of nitrogens with zero attached hydrogens (tertiary/aromatic N) is 1. The number of carbonyl (C=O) groups excluding carboxylic acids is 3. The highest BCUT2D eigenvalue weighted by Crippen LogP contribution is 2.24. The number of para-hydroxylation sites is 1. The van der Waals surface area contributed by atoms with Crippen molar-refractivity contribution in [3.63, 3.8) is 0 Å². The number of amides is 3. The quantitative estimate of drug-likeness (QED) is 0.687.